The molecule has 0 spiro atoms. The first-order valence-corrected chi connectivity index (χ1v) is 10.0. The maximum absolute atomic E-state index is 12.7. The van der Waals surface area contributed by atoms with Gasteiger partial charge in [0.25, 0.3) is 5.91 Å². The molecule has 4 nitrogen and oxygen atoms in total. The van der Waals surface area contributed by atoms with Gasteiger partial charge in [-0.25, -0.2) is 0 Å². The van der Waals surface area contributed by atoms with Crippen LogP contribution in [0.4, 0.5) is 0 Å². The Bertz CT molecular complexity index is 929. The molecule has 0 aromatic heterocycles. The molecule has 0 heterocycles. The van der Waals surface area contributed by atoms with Gasteiger partial charge in [0.2, 0.25) is 0 Å². The molecule has 0 aliphatic rings. The van der Waals surface area contributed by atoms with Gasteiger partial charge in [0.1, 0.15) is 11.8 Å². The Balaban J connectivity index is 1.69. The van der Waals surface area contributed by atoms with Gasteiger partial charge >= 0.3 is 0 Å². The molecule has 0 saturated carbocycles. The number of halogens is 1. The number of rotatable bonds is 8. The van der Waals surface area contributed by atoms with Crippen molar-refractivity contribution in [2.45, 2.75) is 19.0 Å². The topological polar surface area (TPSA) is 54.9 Å². The molecule has 3 rings (SSSR count). The highest BCUT2D eigenvalue weighted by molar-refractivity contribution is 6.30. The van der Waals surface area contributed by atoms with Crippen LogP contribution in [0.25, 0.3) is 0 Å². The Hall–Kier alpha value is -2.82. The zero-order valence-corrected chi connectivity index (χ0v) is 17.4. The lowest BCUT2D eigenvalue weighted by atomic mass is 9.98. The lowest BCUT2D eigenvalue weighted by Gasteiger charge is -2.20. The number of hydrogen-bond acceptors (Lipinski definition) is 2. The number of amides is 1. The second kappa shape index (κ2) is 10.1. The number of benzene rings is 3. The van der Waals surface area contributed by atoms with Crippen LogP contribution in [0, 0.1) is 0 Å². The van der Waals surface area contributed by atoms with Crippen LogP contribution in [0.3, 0.4) is 0 Å². The molecule has 0 radical (unpaired) electrons. The fourth-order valence-electron chi connectivity index (χ4n) is 3.23. The predicted octanol–water partition coefficient (Wildman–Crippen LogP) is 3.88. The number of nitrogens with two attached hydrogens (primary N) is 1. The minimum Gasteiger partial charge on any atom is -0.497 e. The molecule has 0 aliphatic carbocycles. The summed E-state index contributed by atoms with van der Waals surface area (Å²) in [5, 5.41) is 5.88. The number of nitrogens with one attached hydrogen (secondary N) is 1. The Kier molecular flexibility index (Phi) is 7.28. The van der Waals surface area contributed by atoms with Gasteiger partial charge in [-0.1, -0.05) is 66.2 Å². The number of methoxy groups -OCH3 is 1. The normalized spacial score (nSPS) is 12.8. The molecule has 0 unspecified atom stereocenters. The molecular weight excluding hydrogens is 384 g/mol. The van der Waals surface area contributed by atoms with E-state index in [4.69, 9.17) is 16.3 Å². The van der Waals surface area contributed by atoms with Gasteiger partial charge in [0.15, 0.2) is 6.54 Å². The van der Waals surface area contributed by atoms with Crippen LogP contribution < -0.4 is 15.4 Å². The summed E-state index contributed by atoms with van der Waals surface area (Å²) in [6, 6.07) is 25.4. The van der Waals surface area contributed by atoms with Crippen molar-refractivity contribution >= 4 is 17.5 Å². The molecule has 0 aliphatic heterocycles. The second-order valence-electron chi connectivity index (χ2n) is 6.97. The van der Waals surface area contributed by atoms with Crippen molar-refractivity contribution in [3.05, 3.63) is 101 Å². The van der Waals surface area contributed by atoms with E-state index in [1.54, 1.807) is 7.11 Å². The summed E-state index contributed by atoms with van der Waals surface area (Å²) in [4.78, 5) is 12.7. The first-order valence-electron chi connectivity index (χ1n) is 9.64. The summed E-state index contributed by atoms with van der Waals surface area (Å²) in [5.74, 6) is 0.763. The average molecular weight is 410 g/mol. The first kappa shape index (κ1) is 20.9. The van der Waals surface area contributed by atoms with E-state index in [2.05, 4.69) is 12.2 Å². The van der Waals surface area contributed by atoms with Gasteiger partial charge < -0.3 is 15.4 Å². The molecule has 0 bridgehead atoms. The zero-order valence-electron chi connectivity index (χ0n) is 16.6. The largest absolute Gasteiger partial charge is 0.497 e. The Labute approximate surface area is 176 Å². The van der Waals surface area contributed by atoms with Crippen LogP contribution in [0.1, 0.15) is 35.7 Å². The quantitative estimate of drug-likeness (QED) is 0.593. The van der Waals surface area contributed by atoms with E-state index in [-0.39, 0.29) is 18.0 Å². The van der Waals surface area contributed by atoms with Crippen LogP contribution >= 0.6 is 11.6 Å². The van der Waals surface area contributed by atoms with Crippen molar-refractivity contribution in [3.8, 4) is 5.75 Å². The van der Waals surface area contributed by atoms with Crippen LogP contribution in [-0.2, 0) is 4.79 Å². The monoisotopic (exact) mass is 409 g/mol. The number of carbonyl (C=O) groups is 1. The molecule has 3 N–H and O–H groups in total. The highest BCUT2D eigenvalue weighted by Crippen LogP contribution is 2.24. The van der Waals surface area contributed by atoms with Crippen molar-refractivity contribution in [1.82, 2.24) is 5.32 Å². The fourth-order valence-corrected chi connectivity index (χ4v) is 3.43. The maximum atomic E-state index is 12.7. The summed E-state index contributed by atoms with van der Waals surface area (Å²) >= 11 is 6.08. The summed E-state index contributed by atoms with van der Waals surface area (Å²) in [6.45, 7) is 2.39. The molecule has 150 valence electrons. The SMILES string of the molecule is COc1ccc([C@H](NC(=O)C[NH2+][C@H](C)c2cccc(Cl)c2)c2ccccc2)cc1. The second-order valence-corrected chi connectivity index (χ2v) is 7.40. The number of quaternary nitrogens is 1. The Morgan fingerprint density at radius 1 is 0.966 bits per heavy atom. The van der Waals surface area contributed by atoms with E-state index in [0.29, 0.717) is 11.6 Å². The van der Waals surface area contributed by atoms with E-state index >= 15 is 0 Å². The molecule has 0 fully saturated rings. The number of hydrogen-bond donors (Lipinski definition) is 2. The van der Waals surface area contributed by atoms with Crippen LogP contribution in [0.2, 0.25) is 5.02 Å². The third kappa shape index (κ3) is 5.83. The summed E-state index contributed by atoms with van der Waals surface area (Å²) in [5.41, 5.74) is 3.14. The van der Waals surface area contributed by atoms with Crippen molar-refractivity contribution in [1.29, 1.82) is 0 Å². The highest BCUT2D eigenvalue weighted by atomic mass is 35.5. The van der Waals surface area contributed by atoms with Crippen LogP contribution in [-0.4, -0.2) is 19.6 Å². The van der Waals surface area contributed by atoms with Crippen LogP contribution in [0.15, 0.2) is 78.9 Å². The van der Waals surface area contributed by atoms with E-state index in [9.17, 15) is 4.79 Å². The van der Waals surface area contributed by atoms with Gasteiger partial charge in [-0.3, -0.25) is 4.79 Å². The van der Waals surface area contributed by atoms with E-state index in [0.717, 1.165) is 22.4 Å². The van der Waals surface area contributed by atoms with Gasteiger partial charge in [0, 0.05) is 10.6 Å². The standard InChI is InChI=1S/C24H25ClN2O2/c1-17(20-9-6-10-21(25)15-20)26-16-23(28)27-24(18-7-4-3-5-8-18)19-11-13-22(29-2)14-12-19/h3-15,17,24,26H,16H2,1-2H3,(H,27,28)/p+1/t17-,24-/m1/s1. The number of ether oxygens (including phenoxy) is 1. The predicted molar refractivity (Wildman–Crippen MR) is 116 cm³/mol. The highest BCUT2D eigenvalue weighted by Gasteiger charge is 2.19. The molecular formula is C24H26ClN2O2+. The Morgan fingerprint density at radius 3 is 2.28 bits per heavy atom. The smallest absolute Gasteiger partial charge is 0.275 e. The third-order valence-electron chi connectivity index (χ3n) is 4.92. The van der Waals surface area contributed by atoms with Crippen molar-refractivity contribution < 1.29 is 14.8 Å². The summed E-state index contributed by atoms with van der Waals surface area (Å²) < 4.78 is 5.25. The Morgan fingerprint density at radius 2 is 1.62 bits per heavy atom. The molecule has 3 aromatic carbocycles. The van der Waals surface area contributed by atoms with Crippen LogP contribution in [0.5, 0.6) is 5.75 Å². The molecule has 5 heteroatoms. The van der Waals surface area contributed by atoms with Gasteiger partial charge in [-0.15, -0.1) is 0 Å². The van der Waals surface area contributed by atoms with E-state index < -0.39 is 0 Å². The zero-order chi connectivity index (χ0) is 20.6. The van der Waals surface area contributed by atoms with E-state index in [1.807, 2.05) is 84.2 Å². The molecule has 3 aromatic rings. The average Bonchev–Trinajstić information content (AvgIpc) is 2.76. The van der Waals surface area contributed by atoms with Crippen molar-refractivity contribution in [2.75, 3.05) is 13.7 Å². The van der Waals surface area contributed by atoms with Gasteiger partial charge in [0.05, 0.1) is 13.2 Å². The summed E-state index contributed by atoms with van der Waals surface area (Å²) in [6.07, 6.45) is 0. The van der Waals surface area contributed by atoms with Crippen molar-refractivity contribution in [2.24, 2.45) is 0 Å². The molecule has 0 saturated heterocycles. The lowest BCUT2D eigenvalue weighted by molar-refractivity contribution is -0.682. The third-order valence-corrected chi connectivity index (χ3v) is 5.15. The number of carbonyl (C=O) groups excluding carboxylic acids is 1. The molecule has 1 amide bonds. The lowest BCUT2D eigenvalue weighted by Crippen LogP contribution is -2.87. The molecule has 2 atom stereocenters. The van der Waals surface area contributed by atoms with Crippen molar-refractivity contribution in [3.63, 3.8) is 0 Å². The van der Waals surface area contributed by atoms with Gasteiger partial charge in [-0.2, -0.15) is 0 Å². The summed E-state index contributed by atoms with van der Waals surface area (Å²) in [7, 11) is 1.64. The molecule has 29 heavy (non-hydrogen) atoms. The van der Waals surface area contributed by atoms with Gasteiger partial charge in [-0.05, 0) is 42.3 Å². The fraction of sp³-hybridized carbons (Fsp3) is 0.208. The van der Waals surface area contributed by atoms with E-state index in [1.165, 1.54) is 0 Å². The first-order chi connectivity index (χ1) is 14.1. The maximum Gasteiger partial charge on any atom is 0.275 e. The minimum atomic E-state index is -0.218. The minimum absolute atomic E-state index is 0.0245.